The third-order valence-electron chi connectivity index (χ3n) is 2.79. The summed E-state index contributed by atoms with van der Waals surface area (Å²) in [6, 6.07) is 11.9. The van der Waals surface area contributed by atoms with Crippen molar-refractivity contribution in [3.8, 4) is 0 Å². The standard InChI is InChI=1S/C15H14BrClN2O/c16-13-9-12(10-18-15(13)17)19-14(20)8-4-7-11-5-2-1-3-6-11/h1-3,5-6,9-10H,4,7-8H2,(H,19,20). The van der Waals surface area contributed by atoms with Crippen molar-refractivity contribution in [1.82, 2.24) is 4.98 Å². The van der Waals surface area contributed by atoms with Gasteiger partial charge in [-0.3, -0.25) is 4.79 Å². The van der Waals surface area contributed by atoms with Crippen LogP contribution in [0.25, 0.3) is 0 Å². The van der Waals surface area contributed by atoms with Gasteiger partial charge in [0.05, 0.1) is 16.4 Å². The number of nitrogens with zero attached hydrogens (tertiary/aromatic N) is 1. The van der Waals surface area contributed by atoms with Crippen molar-refractivity contribution in [1.29, 1.82) is 0 Å². The van der Waals surface area contributed by atoms with E-state index >= 15 is 0 Å². The zero-order chi connectivity index (χ0) is 14.4. The summed E-state index contributed by atoms with van der Waals surface area (Å²) in [5, 5.41) is 3.19. The summed E-state index contributed by atoms with van der Waals surface area (Å²) >= 11 is 9.07. The molecule has 0 atom stereocenters. The van der Waals surface area contributed by atoms with Crippen LogP contribution in [0.1, 0.15) is 18.4 Å². The Morgan fingerprint density at radius 1 is 1.30 bits per heavy atom. The first-order valence-corrected chi connectivity index (χ1v) is 7.47. The SMILES string of the molecule is O=C(CCCc1ccccc1)Nc1cnc(Cl)c(Br)c1. The summed E-state index contributed by atoms with van der Waals surface area (Å²) in [5.41, 5.74) is 1.89. The van der Waals surface area contributed by atoms with Gasteiger partial charge in [0.2, 0.25) is 5.91 Å². The molecule has 0 aliphatic heterocycles. The molecule has 0 unspecified atom stereocenters. The number of nitrogens with one attached hydrogen (secondary N) is 1. The number of carbonyl (C=O) groups excluding carboxylic acids is 1. The summed E-state index contributed by atoms with van der Waals surface area (Å²) in [7, 11) is 0. The number of hydrogen-bond acceptors (Lipinski definition) is 2. The number of pyridine rings is 1. The van der Waals surface area contributed by atoms with Crippen LogP contribution in [0, 0.1) is 0 Å². The van der Waals surface area contributed by atoms with Crippen molar-refractivity contribution in [3.63, 3.8) is 0 Å². The van der Waals surface area contributed by atoms with Crippen LogP contribution in [0.5, 0.6) is 0 Å². The zero-order valence-electron chi connectivity index (χ0n) is 10.8. The molecule has 0 spiro atoms. The van der Waals surface area contributed by atoms with E-state index in [1.54, 1.807) is 12.3 Å². The molecule has 1 amide bonds. The maximum Gasteiger partial charge on any atom is 0.224 e. The number of benzene rings is 1. The molecule has 5 heteroatoms. The number of aromatic nitrogens is 1. The van der Waals surface area contributed by atoms with Crippen molar-refractivity contribution in [2.45, 2.75) is 19.3 Å². The summed E-state index contributed by atoms with van der Waals surface area (Å²) in [5.74, 6) is -0.0167. The third kappa shape index (κ3) is 4.62. The van der Waals surface area contributed by atoms with E-state index in [1.165, 1.54) is 5.56 Å². The molecule has 1 aromatic carbocycles. The summed E-state index contributed by atoms with van der Waals surface area (Å²) in [6.45, 7) is 0. The molecule has 0 aliphatic carbocycles. The largest absolute Gasteiger partial charge is 0.325 e. The normalized spacial score (nSPS) is 10.3. The Kier molecular flexibility index (Phi) is 5.56. The number of halogens is 2. The highest BCUT2D eigenvalue weighted by atomic mass is 79.9. The van der Waals surface area contributed by atoms with E-state index in [2.05, 4.69) is 38.4 Å². The monoisotopic (exact) mass is 352 g/mol. The number of rotatable bonds is 5. The topological polar surface area (TPSA) is 42.0 Å². The zero-order valence-corrected chi connectivity index (χ0v) is 13.1. The maximum atomic E-state index is 11.8. The molecule has 2 rings (SSSR count). The molecule has 2 aromatic rings. The van der Waals surface area contributed by atoms with Crippen LogP contribution in [0.4, 0.5) is 5.69 Å². The molecular formula is C15H14BrClN2O. The van der Waals surface area contributed by atoms with Gasteiger partial charge in [0.15, 0.2) is 0 Å². The molecule has 0 bridgehead atoms. The van der Waals surface area contributed by atoms with Gasteiger partial charge in [-0.05, 0) is 40.4 Å². The minimum Gasteiger partial charge on any atom is -0.325 e. The predicted octanol–water partition coefficient (Wildman–Crippen LogP) is 4.46. The van der Waals surface area contributed by atoms with E-state index in [1.807, 2.05) is 18.2 Å². The molecule has 3 nitrogen and oxygen atoms in total. The highest BCUT2D eigenvalue weighted by Crippen LogP contribution is 2.22. The van der Waals surface area contributed by atoms with Crippen LogP contribution in [0.3, 0.4) is 0 Å². The molecule has 20 heavy (non-hydrogen) atoms. The van der Waals surface area contributed by atoms with Crippen molar-refractivity contribution >= 4 is 39.1 Å². The molecule has 0 fully saturated rings. The van der Waals surface area contributed by atoms with Crippen molar-refractivity contribution in [3.05, 3.63) is 57.8 Å². The van der Waals surface area contributed by atoms with Gasteiger partial charge in [-0.15, -0.1) is 0 Å². The van der Waals surface area contributed by atoms with Gasteiger partial charge in [-0.2, -0.15) is 0 Å². The summed E-state index contributed by atoms with van der Waals surface area (Å²) in [6.07, 6.45) is 3.74. The molecule has 1 aromatic heterocycles. The van der Waals surface area contributed by atoms with Crippen LogP contribution >= 0.6 is 27.5 Å². The molecule has 0 saturated carbocycles. The Hall–Kier alpha value is -1.39. The number of aryl methyl sites for hydroxylation is 1. The summed E-state index contributed by atoms with van der Waals surface area (Å²) < 4.78 is 0.668. The average Bonchev–Trinajstić information content (AvgIpc) is 2.44. The van der Waals surface area contributed by atoms with Crippen molar-refractivity contribution in [2.24, 2.45) is 0 Å². The lowest BCUT2D eigenvalue weighted by molar-refractivity contribution is -0.116. The van der Waals surface area contributed by atoms with Crippen LogP contribution in [-0.2, 0) is 11.2 Å². The number of amides is 1. The minimum atomic E-state index is -0.0167. The highest BCUT2D eigenvalue weighted by molar-refractivity contribution is 9.10. The average molecular weight is 354 g/mol. The second-order valence-corrected chi connectivity index (χ2v) is 5.60. The van der Waals surface area contributed by atoms with E-state index < -0.39 is 0 Å². The van der Waals surface area contributed by atoms with Gasteiger partial charge in [0.1, 0.15) is 5.15 Å². The lowest BCUT2D eigenvalue weighted by Gasteiger charge is -2.06. The van der Waals surface area contributed by atoms with Crippen LogP contribution in [0.2, 0.25) is 5.15 Å². The molecule has 0 saturated heterocycles. The van der Waals surface area contributed by atoms with E-state index in [0.29, 0.717) is 21.7 Å². The lowest BCUT2D eigenvalue weighted by Crippen LogP contribution is -2.11. The van der Waals surface area contributed by atoms with Crippen LogP contribution in [-0.4, -0.2) is 10.9 Å². The van der Waals surface area contributed by atoms with Gasteiger partial charge >= 0.3 is 0 Å². The first-order valence-electron chi connectivity index (χ1n) is 6.30. The molecule has 104 valence electrons. The minimum absolute atomic E-state index is 0.0167. The number of anilines is 1. The summed E-state index contributed by atoms with van der Waals surface area (Å²) in [4.78, 5) is 15.8. The van der Waals surface area contributed by atoms with Crippen LogP contribution in [0.15, 0.2) is 47.1 Å². The van der Waals surface area contributed by atoms with Gasteiger partial charge in [-0.1, -0.05) is 41.9 Å². The van der Waals surface area contributed by atoms with Gasteiger partial charge in [0.25, 0.3) is 0 Å². The lowest BCUT2D eigenvalue weighted by atomic mass is 10.1. The van der Waals surface area contributed by atoms with E-state index in [-0.39, 0.29) is 5.91 Å². The first kappa shape index (κ1) is 15.0. The third-order valence-corrected chi connectivity index (χ3v) is 3.93. The van der Waals surface area contributed by atoms with Crippen LogP contribution < -0.4 is 5.32 Å². The fourth-order valence-electron chi connectivity index (χ4n) is 1.81. The Bertz CT molecular complexity index is 590. The first-order chi connectivity index (χ1) is 9.65. The van der Waals surface area contributed by atoms with E-state index in [4.69, 9.17) is 11.6 Å². The molecule has 1 heterocycles. The maximum absolute atomic E-state index is 11.8. The Balaban J connectivity index is 1.79. The number of carbonyl (C=O) groups is 1. The van der Waals surface area contributed by atoms with Gasteiger partial charge < -0.3 is 5.32 Å². The smallest absolute Gasteiger partial charge is 0.224 e. The molecule has 0 radical (unpaired) electrons. The molecular weight excluding hydrogens is 340 g/mol. The van der Waals surface area contributed by atoms with Gasteiger partial charge in [0, 0.05) is 6.42 Å². The Labute approximate surface area is 131 Å². The molecule has 1 N–H and O–H groups in total. The Morgan fingerprint density at radius 3 is 2.75 bits per heavy atom. The van der Waals surface area contributed by atoms with Gasteiger partial charge in [-0.25, -0.2) is 4.98 Å². The fourth-order valence-corrected chi connectivity index (χ4v) is 2.26. The van der Waals surface area contributed by atoms with Crippen molar-refractivity contribution < 1.29 is 4.79 Å². The van der Waals surface area contributed by atoms with Crippen molar-refractivity contribution in [2.75, 3.05) is 5.32 Å². The fraction of sp³-hybridized carbons (Fsp3) is 0.200. The van der Waals surface area contributed by atoms with E-state index in [0.717, 1.165) is 12.8 Å². The second kappa shape index (κ2) is 7.41. The quantitative estimate of drug-likeness (QED) is 0.806. The second-order valence-electron chi connectivity index (χ2n) is 4.38. The highest BCUT2D eigenvalue weighted by Gasteiger charge is 2.05. The van der Waals surface area contributed by atoms with E-state index in [9.17, 15) is 4.79 Å². The Morgan fingerprint density at radius 2 is 2.05 bits per heavy atom. The predicted molar refractivity (Wildman–Crippen MR) is 85.0 cm³/mol. The number of hydrogen-bond donors (Lipinski definition) is 1. The molecule has 0 aliphatic rings.